The molecule has 0 aliphatic heterocycles. The molecule has 1 aliphatic carbocycles. The molecule has 1 aromatic rings. The van der Waals surface area contributed by atoms with E-state index in [9.17, 15) is 9.90 Å². The molecule has 2 rings (SSSR count). The highest BCUT2D eigenvalue weighted by atomic mass is 16.5. The molecule has 0 bridgehead atoms. The van der Waals surface area contributed by atoms with Gasteiger partial charge in [0.2, 0.25) is 0 Å². The number of rotatable bonds is 2. The first-order chi connectivity index (χ1) is 8.85. The number of nitrogens with two attached hydrogens (primary N) is 1. The third-order valence-electron chi connectivity index (χ3n) is 3.47. The first-order valence-corrected chi connectivity index (χ1v) is 6.50. The summed E-state index contributed by atoms with van der Waals surface area (Å²) in [5.41, 5.74) is 7.64. The minimum Gasteiger partial charge on any atom is -0.462 e. The van der Waals surface area contributed by atoms with E-state index in [0.717, 1.165) is 11.3 Å². The molecule has 19 heavy (non-hydrogen) atoms. The maximum Gasteiger partial charge on any atom is 0.341 e. The van der Waals surface area contributed by atoms with E-state index < -0.39 is 12.1 Å². The van der Waals surface area contributed by atoms with Crippen molar-refractivity contribution < 1.29 is 14.6 Å². The van der Waals surface area contributed by atoms with Gasteiger partial charge in [-0.05, 0) is 25.0 Å². The fourth-order valence-corrected chi connectivity index (χ4v) is 2.69. The molecule has 0 radical (unpaired) electrons. The van der Waals surface area contributed by atoms with E-state index in [4.69, 9.17) is 10.5 Å². The average molecular weight is 264 g/mol. The minimum absolute atomic E-state index is 0.196. The summed E-state index contributed by atoms with van der Waals surface area (Å²) in [5, 5.41) is 9.92. The molecule has 5 nitrogen and oxygen atoms in total. The highest BCUT2D eigenvalue weighted by Gasteiger charge is 2.34. The number of hydrogen-bond acceptors (Lipinski definition) is 5. The minimum atomic E-state index is -0.465. The number of carbonyl (C=O) groups is 1. The van der Waals surface area contributed by atoms with Crippen molar-refractivity contribution >= 4 is 11.8 Å². The summed E-state index contributed by atoms with van der Waals surface area (Å²) in [6.45, 7) is 6.08. The number of nitrogen functional groups attached to an aromatic ring is 1. The molecule has 3 N–H and O–H groups in total. The molecule has 1 aliphatic rings. The van der Waals surface area contributed by atoms with Gasteiger partial charge in [0.05, 0.1) is 18.4 Å². The first kappa shape index (κ1) is 13.8. The number of aliphatic hydroxyl groups is 1. The summed E-state index contributed by atoms with van der Waals surface area (Å²) in [4.78, 5) is 16.2. The van der Waals surface area contributed by atoms with Gasteiger partial charge in [0, 0.05) is 11.8 Å². The van der Waals surface area contributed by atoms with Crippen LogP contribution in [0.3, 0.4) is 0 Å². The number of nitrogens with zero attached hydrogens (tertiary/aromatic N) is 1. The quantitative estimate of drug-likeness (QED) is 0.789. The normalized spacial score (nSPS) is 20.7. The average Bonchev–Trinajstić information content (AvgIpc) is 2.29. The molecule has 104 valence electrons. The molecule has 5 heteroatoms. The fraction of sp³-hybridized carbons (Fsp3) is 0.571. The molecular formula is C14H20N2O3. The fourth-order valence-electron chi connectivity index (χ4n) is 2.69. The third-order valence-corrected chi connectivity index (χ3v) is 3.47. The molecule has 0 saturated carbocycles. The van der Waals surface area contributed by atoms with Gasteiger partial charge in [-0.3, -0.25) is 0 Å². The van der Waals surface area contributed by atoms with Gasteiger partial charge < -0.3 is 15.6 Å². The molecule has 1 heterocycles. The van der Waals surface area contributed by atoms with E-state index in [1.54, 1.807) is 13.0 Å². The van der Waals surface area contributed by atoms with Crippen LogP contribution in [0, 0.1) is 0 Å². The number of pyridine rings is 1. The molecule has 0 spiro atoms. The third kappa shape index (κ3) is 2.56. The Morgan fingerprint density at radius 2 is 2.32 bits per heavy atom. The number of hydrogen-bond donors (Lipinski definition) is 2. The van der Waals surface area contributed by atoms with Crippen molar-refractivity contribution in [3.63, 3.8) is 0 Å². The molecule has 1 atom stereocenters. The van der Waals surface area contributed by atoms with Crippen LogP contribution in [-0.4, -0.2) is 28.8 Å². The predicted molar refractivity (Wildman–Crippen MR) is 72.0 cm³/mol. The number of carbonyl (C=O) groups excluding carboxylic acids is 1. The zero-order valence-electron chi connectivity index (χ0n) is 11.6. The zero-order valence-corrected chi connectivity index (χ0v) is 11.6. The molecule has 1 aromatic heterocycles. The summed E-state index contributed by atoms with van der Waals surface area (Å²) in [7, 11) is 0. The van der Waals surface area contributed by atoms with Gasteiger partial charge >= 0.3 is 5.97 Å². The summed E-state index contributed by atoms with van der Waals surface area (Å²) in [6, 6.07) is 1.71. The monoisotopic (exact) mass is 264 g/mol. The molecule has 0 saturated heterocycles. The van der Waals surface area contributed by atoms with Gasteiger partial charge in [-0.15, -0.1) is 0 Å². The maximum absolute atomic E-state index is 11.8. The van der Waals surface area contributed by atoms with Crippen LogP contribution in [0.25, 0.3) is 0 Å². The van der Waals surface area contributed by atoms with E-state index in [0.29, 0.717) is 19.4 Å². The van der Waals surface area contributed by atoms with Crippen LogP contribution in [0.1, 0.15) is 48.8 Å². The summed E-state index contributed by atoms with van der Waals surface area (Å²) >= 11 is 0. The number of esters is 1. The summed E-state index contributed by atoms with van der Waals surface area (Å²) in [5.74, 6) is -0.269. The van der Waals surface area contributed by atoms with Gasteiger partial charge in [-0.2, -0.15) is 0 Å². The van der Waals surface area contributed by atoms with Crippen molar-refractivity contribution in [3.05, 3.63) is 22.9 Å². The van der Waals surface area contributed by atoms with E-state index in [1.165, 1.54) is 0 Å². The first-order valence-electron chi connectivity index (χ1n) is 6.50. The highest BCUT2D eigenvalue weighted by molar-refractivity contribution is 5.94. The predicted octanol–water partition coefficient (Wildman–Crippen LogP) is 1.43. The van der Waals surface area contributed by atoms with E-state index in [2.05, 4.69) is 4.98 Å². The van der Waals surface area contributed by atoms with E-state index in [1.807, 2.05) is 13.8 Å². The number of fused-ring (bicyclic) bond motifs is 1. The Balaban J connectivity index is 2.48. The number of aliphatic hydroxyl groups excluding tert-OH is 1. The van der Waals surface area contributed by atoms with Gasteiger partial charge in [-0.25, -0.2) is 9.78 Å². The largest absolute Gasteiger partial charge is 0.462 e. The highest BCUT2D eigenvalue weighted by Crippen LogP contribution is 2.36. The van der Waals surface area contributed by atoms with Crippen molar-refractivity contribution in [3.8, 4) is 0 Å². The van der Waals surface area contributed by atoms with Crippen molar-refractivity contribution in [1.82, 2.24) is 4.98 Å². The molecule has 0 fully saturated rings. The lowest BCUT2D eigenvalue weighted by molar-refractivity contribution is 0.0526. The zero-order chi connectivity index (χ0) is 14.2. The van der Waals surface area contributed by atoms with Gasteiger partial charge in [0.15, 0.2) is 0 Å². The SMILES string of the molecule is CCOC(=O)c1cc2c(nc1N)C(C)(C)CC(O)C2. The number of ether oxygens (including phenoxy) is 1. The Bertz CT molecular complexity index is 512. The number of aromatic nitrogens is 1. The second-order valence-electron chi connectivity index (χ2n) is 5.60. The maximum atomic E-state index is 11.8. The van der Waals surface area contributed by atoms with Crippen LogP contribution < -0.4 is 5.73 Å². The second-order valence-corrected chi connectivity index (χ2v) is 5.60. The molecule has 1 unspecified atom stereocenters. The van der Waals surface area contributed by atoms with Gasteiger partial charge in [0.1, 0.15) is 11.4 Å². The van der Waals surface area contributed by atoms with Crippen LogP contribution >= 0.6 is 0 Å². The Morgan fingerprint density at radius 3 is 2.95 bits per heavy atom. The molecule has 0 amide bonds. The van der Waals surface area contributed by atoms with Crippen molar-refractivity contribution in [2.45, 2.75) is 45.1 Å². The summed E-state index contributed by atoms with van der Waals surface area (Å²) < 4.78 is 4.96. The van der Waals surface area contributed by atoms with Gasteiger partial charge in [0.25, 0.3) is 0 Å². The smallest absolute Gasteiger partial charge is 0.341 e. The van der Waals surface area contributed by atoms with Crippen molar-refractivity contribution in [1.29, 1.82) is 0 Å². The Kier molecular flexibility index (Phi) is 3.49. The van der Waals surface area contributed by atoms with Crippen LogP contribution in [0.4, 0.5) is 5.82 Å². The van der Waals surface area contributed by atoms with Crippen molar-refractivity contribution in [2.24, 2.45) is 0 Å². The topological polar surface area (TPSA) is 85.4 Å². The second kappa shape index (κ2) is 4.81. The van der Waals surface area contributed by atoms with Crippen LogP contribution in [0.2, 0.25) is 0 Å². The van der Waals surface area contributed by atoms with Crippen LogP contribution in [0.5, 0.6) is 0 Å². The molecule has 0 aromatic carbocycles. The van der Waals surface area contributed by atoms with E-state index in [-0.39, 0.29) is 16.8 Å². The molecular weight excluding hydrogens is 244 g/mol. The Morgan fingerprint density at radius 1 is 1.63 bits per heavy atom. The standard InChI is InChI=1S/C14H20N2O3/c1-4-19-13(18)10-6-8-5-9(17)7-14(2,3)11(8)16-12(10)15/h6,9,17H,4-5,7H2,1-3H3,(H2,15,16). The van der Waals surface area contributed by atoms with Crippen molar-refractivity contribution in [2.75, 3.05) is 12.3 Å². The lowest BCUT2D eigenvalue weighted by atomic mass is 9.74. The lowest BCUT2D eigenvalue weighted by Crippen LogP contribution is -2.34. The van der Waals surface area contributed by atoms with Crippen LogP contribution in [-0.2, 0) is 16.6 Å². The van der Waals surface area contributed by atoms with Gasteiger partial charge in [-0.1, -0.05) is 13.8 Å². The van der Waals surface area contributed by atoms with E-state index >= 15 is 0 Å². The Hall–Kier alpha value is -1.62. The number of anilines is 1. The summed E-state index contributed by atoms with van der Waals surface area (Å²) in [6.07, 6.45) is 0.729. The Labute approximate surface area is 112 Å². The lowest BCUT2D eigenvalue weighted by Gasteiger charge is -2.34. The van der Waals surface area contributed by atoms with Crippen LogP contribution in [0.15, 0.2) is 6.07 Å².